The van der Waals surface area contributed by atoms with Gasteiger partial charge in [0.25, 0.3) is 11.8 Å². The molecule has 0 aliphatic carbocycles. The molecule has 0 saturated heterocycles. The average molecular weight is 255 g/mol. The van der Waals surface area contributed by atoms with E-state index in [0.29, 0.717) is 13.0 Å². The highest BCUT2D eigenvalue weighted by atomic mass is 16.2. The molecule has 6 nitrogen and oxygen atoms in total. The summed E-state index contributed by atoms with van der Waals surface area (Å²) in [6.45, 7) is 2.71. The molecule has 0 spiro atoms. The van der Waals surface area contributed by atoms with Crippen molar-refractivity contribution in [1.29, 1.82) is 0 Å². The predicted octanol–water partition coefficient (Wildman–Crippen LogP) is 0.359. The molecular formula is C12H21N3O3. The molecule has 0 unspecified atom stereocenters. The quantitative estimate of drug-likeness (QED) is 0.298. The fraction of sp³-hybridized carbons (Fsp3) is 0.583. The largest absolute Gasteiger partial charge is 0.294 e. The Kier molecular flexibility index (Phi) is 9.48. The summed E-state index contributed by atoms with van der Waals surface area (Å²) in [5.41, 5.74) is 4.58. The van der Waals surface area contributed by atoms with Gasteiger partial charge in [0.2, 0.25) is 6.41 Å². The van der Waals surface area contributed by atoms with E-state index in [4.69, 9.17) is 0 Å². The van der Waals surface area contributed by atoms with Crippen LogP contribution in [-0.2, 0) is 14.4 Å². The van der Waals surface area contributed by atoms with Crippen molar-refractivity contribution in [3.05, 3.63) is 12.2 Å². The van der Waals surface area contributed by atoms with Crippen LogP contribution in [0.15, 0.2) is 12.2 Å². The van der Waals surface area contributed by atoms with E-state index in [2.05, 4.69) is 17.8 Å². The molecule has 0 saturated carbocycles. The maximum Gasteiger partial charge on any atom is 0.253 e. The van der Waals surface area contributed by atoms with Crippen molar-refractivity contribution in [2.45, 2.75) is 32.6 Å². The van der Waals surface area contributed by atoms with Crippen molar-refractivity contribution in [1.82, 2.24) is 15.8 Å². The Balaban J connectivity index is 0.000000494. The Hall–Kier alpha value is -1.69. The first-order valence-corrected chi connectivity index (χ1v) is 6.06. The van der Waals surface area contributed by atoms with Crippen LogP contribution in [0, 0.1) is 0 Å². The topological polar surface area (TPSA) is 78.5 Å². The lowest BCUT2D eigenvalue weighted by Gasteiger charge is -2.12. The lowest BCUT2D eigenvalue weighted by atomic mass is 10.2. The van der Waals surface area contributed by atoms with Crippen molar-refractivity contribution in [2.75, 3.05) is 13.6 Å². The summed E-state index contributed by atoms with van der Waals surface area (Å²) in [5, 5.41) is 0. The van der Waals surface area contributed by atoms with E-state index >= 15 is 0 Å². The normalized spacial score (nSPS) is 13.3. The third-order valence-electron chi connectivity index (χ3n) is 2.34. The Morgan fingerprint density at radius 1 is 1.17 bits per heavy atom. The fourth-order valence-electron chi connectivity index (χ4n) is 1.41. The van der Waals surface area contributed by atoms with E-state index in [-0.39, 0.29) is 11.8 Å². The van der Waals surface area contributed by atoms with E-state index in [0.717, 1.165) is 12.8 Å². The minimum absolute atomic E-state index is 0.165. The molecule has 1 aliphatic heterocycles. The summed E-state index contributed by atoms with van der Waals surface area (Å²) >= 11 is 0. The zero-order valence-corrected chi connectivity index (χ0v) is 10.9. The number of hydrogen-bond acceptors (Lipinski definition) is 4. The smallest absolute Gasteiger partial charge is 0.253 e. The van der Waals surface area contributed by atoms with E-state index in [1.54, 1.807) is 7.05 Å². The molecule has 0 atom stereocenters. The first kappa shape index (κ1) is 16.3. The minimum atomic E-state index is -0.165. The molecule has 0 fully saturated rings. The SMILES string of the molecule is CCCCCCN1C(=O)C=CC1=O.CNNC=O. The zero-order chi connectivity index (χ0) is 13.8. The van der Waals surface area contributed by atoms with E-state index < -0.39 is 0 Å². The number of amides is 3. The minimum Gasteiger partial charge on any atom is -0.294 e. The Bertz CT molecular complexity index is 285. The molecule has 102 valence electrons. The van der Waals surface area contributed by atoms with Gasteiger partial charge >= 0.3 is 0 Å². The van der Waals surface area contributed by atoms with E-state index in [1.807, 2.05) is 0 Å². The second kappa shape index (κ2) is 10.5. The second-order valence-corrected chi connectivity index (χ2v) is 3.73. The molecule has 18 heavy (non-hydrogen) atoms. The summed E-state index contributed by atoms with van der Waals surface area (Å²) in [5.74, 6) is -0.331. The van der Waals surface area contributed by atoms with Crippen molar-refractivity contribution in [3.63, 3.8) is 0 Å². The van der Waals surface area contributed by atoms with Gasteiger partial charge in [-0.15, -0.1) is 0 Å². The van der Waals surface area contributed by atoms with Gasteiger partial charge in [-0.2, -0.15) is 0 Å². The standard InChI is InChI=1S/C10H15NO2.C2H6N2O/c1-2-3-4-5-8-11-9(12)6-7-10(11)13;1-3-4-2-5/h6-7H,2-5,8H2,1H3;2-3H,1H3,(H,4,5). The van der Waals surface area contributed by atoms with Gasteiger partial charge in [-0.25, -0.2) is 5.43 Å². The number of unbranched alkanes of at least 4 members (excludes halogenated alkanes) is 3. The molecular weight excluding hydrogens is 234 g/mol. The van der Waals surface area contributed by atoms with Crippen LogP contribution in [0.4, 0.5) is 0 Å². The van der Waals surface area contributed by atoms with Gasteiger partial charge in [0.05, 0.1) is 0 Å². The van der Waals surface area contributed by atoms with Gasteiger partial charge in [0.15, 0.2) is 0 Å². The van der Waals surface area contributed by atoms with Crippen LogP contribution >= 0.6 is 0 Å². The number of nitrogens with one attached hydrogen (secondary N) is 2. The molecule has 0 aromatic heterocycles. The Morgan fingerprint density at radius 2 is 1.78 bits per heavy atom. The average Bonchev–Trinajstić information content (AvgIpc) is 2.67. The van der Waals surface area contributed by atoms with Gasteiger partial charge in [0.1, 0.15) is 0 Å². The first-order chi connectivity index (χ1) is 8.67. The van der Waals surface area contributed by atoms with Crippen molar-refractivity contribution < 1.29 is 14.4 Å². The van der Waals surface area contributed by atoms with E-state index in [1.165, 1.54) is 29.9 Å². The molecule has 6 heteroatoms. The highest BCUT2D eigenvalue weighted by Crippen LogP contribution is 2.07. The third kappa shape index (κ3) is 6.80. The van der Waals surface area contributed by atoms with Crippen LogP contribution in [-0.4, -0.2) is 36.7 Å². The lowest BCUT2D eigenvalue weighted by Crippen LogP contribution is -2.30. The highest BCUT2D eigenvalue weighted by Gasteiger charge is 2.21. The molecule has 0 bridgehead atoms. The van der Waals surface area contributed by atoms with Crippen molar-refractivity contribution in [3.8, 4) is 0 Å². The number of carbonyl (C=O) groups excluding carboxylic acids is 3. The van der Waals surface area contributed by atoms with Gasteiger partial charge in [0, 0.05) is 25.7 Å². The number of hydrogen-bond donors (Lipinski definition) is 2. The van der Waals surface area contributed by atoms with Gasteiger partial charge in [-0.1, -0.05) is 26.2 Å². The van der Waals surface area contributed by atoms with Crippen LogP contribution in [0.3, 0.4) is 0 Å². The molecule has 0 radical (unpaired) electrons. The van der Waals surface area contributed by atoms with Crippen molar-refractivity contribution in [2.24, 2.45) is 0 Å². The third-order valence-corrected chi connectivity index (χ3v) is 2.34. The molecule has 3 amide bonds. The number of imide groups is 1. The van der Waals surface area contributed by atoms with E-state index in [9.17, 15) is 14.4 Å². The number of hydrazine groups is 1. The maximum absolute atomic E-state index is 11.1. The second-order valence-electron chi connectivity index (χ2n) is 3.73. The molecule has 1 aliphatic rings. The zero-order valence-electron chi connectivity index (χ0n) is 10.9. The Labute approximate surface area is 107 Å². The van der Waals surface area contributed by atoms with Gasteiger partial charge in [-0.05, 0) is 6.42 Å². The monoisotopic (exact) mass is 255 g/mol. The maximum atomic E-state index is 11.1. The summed E-state index contributed by atoms with van der Waals surface area (Å²) < 4.78 is 0. The molecule has 1 rings (SSSR count). The van der Waals surface area contributed by atoms with Crippen molar-refractivity contribution >= 4 is 18.2 Å². The molecule has 2 N–H and O–H groups in total. The summed E-state index contributed by atoms with van der Waals surface area (Å²) in [6, 6.07) is 0. The fourth-order valence-corrected chi connectivity index (χ4v) is 1.41. The van der Waals surface area contributed by atoms with Crippen LogP contribution in [0.1, 0.15) is 32.6 Å². The highest BCUT2D eigenvalue weighted by molar-refractivity contribution is 6.12. The van der Waals surface area contributed by atoms with Gasteiger partial charge in [-0.3, -0.25) is 24.7 Å². The van der Waals surface area contributed by atoms with Crippen LogP contribution in [0.5, 0.6) is 0 Å². The first-order valence-electron chi connectivity index (χ1n) is 6.06. The Morgan fingerprint density at radius 3 is 2.17 bits per heavy atom. The summed E-state index contributed by atoms with van der Waals surface area (Å²) in [4.78, 5) is 32.7. The van der Waals surface area contributed by atoms with Gasteiger partial charge < -0.3 is 0 Å². The van der Waals surface area contributed by atoms with Crippen LogP contribution in [0.2, 0.25) is 0 Å². The number of rotatable bonds is 7. The predicted molar refractivity (Wildman–Crippen MR) is 68.3 cm³/mol. The van der Waals surface area contributed by atoms with Crippen LogP contribution < -0.4 is 10.9 Å². The molecule has 0 aromatic rings. The van der Waals surface area contributed by atoms with Crippen LogP contribution in [0.25, 0.3) is 0 Å². The lowest BCUT2D eigenvalue weighted by molar-refractivity contribution is -0.136. The molecule has 0 aromatic carbocycles. The molecule has 1 heterocycles. The summed E-state index contributed by atoms with van der Waals surface area (Å²) in [6.07, 6.45) is 7.59. The number of nitrogens with zero attached hydrogens (tertiary/aromatic N) is 1. The summed E-state index contributed by atoms with van der Waals surface area (Å²) in [7, 11) is 1.62. The number of carbonyl (C=O) groups is 3.